The molecule has 2 heterocycles. The minimum atomic E-state index is -0.272. The number of hydrogen-bond acceptors (Lipinski definition) is 3. The fraction of sp³-hybridized carbons (Fsp3) is 0.545. The lowest BCUT2D eigenvalue weighted by molar-refractivity contribution is 0.182. The van der Waals surface area contributed by atoms with E-state index in [-0.39, 0.29) is 11.9 Å². The van der Waals surface area contributed by atoms with Crippen molar-refractivity contribution in [1.82, 2.24) is 15.2 Å². The van der Waals surface area contributed by atoms with Crippen LogP contribution in [0, 0.1) is 5.82 Å². The SMILES string of the molecule is CC(c1ccc(F)cn1)N1CCNCC1. The summed E-state index contributed by atoms with van der Waals surface area (Å²) in [6.07, 6.45) is 1.29. The van der Waals surface area contributed by atoms with Crippen molar-refractivity contribution in [3.63, 3.8) is 0 Å². The second-order valence-electron chi connectivity index (χ2n) is 3.86. The number of pyridine rings is 1. The number of nitrogens with one attached hydrogen (secondary N) is 1. The number of nitrogens with zero attached hydrogens (tertiary/aromatic N) is 2. The molecule has 1 aliphatic heterocycles. The molecule has 1 fully saturated rings. The second-order valence-corrected chi connectivity index (χ2v) is 3.86. The topological polar surface area (TPSA) is 28.2 Å². The van der Waals surface area contributed by atoms with Crippen LogP contribution >= 0.6 is 0 Å². The Labute approximate surface area is 89.3 Å². The molecule has 0 spiro atoms. The summed E-state index contributed by atoms with van der Waals surface area (Å²) >= 11 is 0. The molecule has 2 rings (SSSR count). The Bertz CT molecular complexity index is 306. The van der Waals surface area contributed by atoms with Gasteiger partial charge in [0, 0.05) is 32.2 Å². The van der Waals surface area contributed by atoms with Crippen molar-refractivity contribution < 1.29 is 4.39 Å². The molecule has 1 atom stereocenters. The van der Waals surface area contributed by atoms with Gasteiger partial charge in [-0.1, -0.05) is 0 Å². The van der Waals surface area contributed by atoms with Crippen LogP contribution in [0.1, 0.15) is 18.7 Å². The van der Waals surface area contributed by atoms with Gasteiger partial charge in [0.05, 0.1) is 11.9 Å². The van der Waals surface area contributed by atoms with Crippen LogP contribution in [0.15, 0.2) is 18.3 Å². The summed E-state index contributed by atoms with van der Waals surface area (Å²) < 4.78 is 12.7. The third-order valence-corrected chi connectivity index (χ3v) is 2.88. The van der Waals surface area contributed by atoms with E-state index < -0.39 is 0 Å². The number of hydrogen-bond donors (Lipinski definition) is 1. The summed E-state index contributed by atoms with van der Waals surface area (Å²) in [4.78, 5) is 6.47. The predicted molar refractivity (Wildman–Crippen MR) is 57.1 cm³/mol. The summed E-state index contributed by atoms with van der Waals surface area (Å²) in [6.45, 7) is 6.21. The maximum Gasteiger partial charge on any atom is 0.141 e. The summed E-state index contributed by atoms with van der Waals surface area (Å²) in [6, 6.07) is 3.51. The lowest BCUT2D eigenvalue weighted by atomic mass is 10.1. The molecule has 0 saturated carbocycles. The van der Waals surface area contributed by atoms with Crippen LogP contribution in [-0.2, 0) is 0 Å². The smallest absolute Gasteiger partial charge is 0.141 e. The van der Waals surface area contributed by atoms with Crippen molar-refractivity contribution in [1.29, 1.82) is 0 Å². The summed E-state index contributed by atoms with van der Waals surface area (Å²) in [5.41, 5.74) is 0.943. The average molecular weight is 209 g/mol. The predicted octanol–water partition coefficient (Wildman–Crippen LogP) is 1.19. The van der Waals surface area contributed by atoms with Gasteiger partial charge in [0.1, 0.15) is 5.82 Å². The van der Waals surface area contributed by atoms with Gasteiger partial charge in [-0.15, -0.1) is 0 Å². The summed E-state index contributed by atoms with van der Waals surface area (Å²) in [7, 11) is 0. The maximum atomic E-state index is 12.7. The van der Waals surface area contributed by atoms with Gasteiger partial charge < -0.3 is 5.32 Å². The number of piperazine rings is 1. The Morgan fingerprint density at radius 1 is 1.40 bits per heavy atom. The molecule has 0 amide bonds. The quantitative estimate of drug-likeness (QED) is 0.793. The lowest BCUT2D eigenvalue weighted by Gasteiger charge is -2.32. The fourth-order valence-electron chi connectivity index (χ4n) is 1.89. The van der Waals surface area contributed by atoms with Crippen LogP contribution in [0.5, 0.6) is 0 Å². The Morgan fingerprint density at radius 2 is 2.13 bits per heavy atom. The highest BCUT2D eigenvalue weighted by atomic mass is 19.1. The molecule has 1 aliphatic rings. The molecule has 1 aromatic rings. The van der Waals surface area contributed by atoms with E-state index >= 15 is 0 Å². The summed E-state index contributed by atoms with van der Waals surface area (Å²) in [5, 5.41) is 3.31. The molecule has 0 aliphatic carbocycles. The van der Waals surface area contributed by atoms with Crippen LogP contribution in [-0.4, -0.2) is 36.1 Å². The van der Waals surface area contributed by atoms with Crippen LogP contribution in [0.4, 0.5) is 4.39 Å². The lowest BCUT2D eigenvalue weighted by Crippen LogP contribution is -2.44. The summed E-state index contributed by atoms with van der Waals surface area (Å²) in [5.74, 6) is -0.272. The molecule has 1 unspecified atom stereocenters. The van der Waals surface area contributed by atoms with E-state index in [1.807, 2.05) is 0 Å². The Hall–Kier alpha value is -1.00. The number of halogens is 1. The standard InChI is InChI=1S/C11H16FN3/c1-9(15-6-4-13-5-7-15)11-3-2-10(12)8-14-11/h2-3,8-9,13H,4-7H2,1H3. The van der Waals surface area contributed by atoms with Gasteiger partial charge >= 0.3 is 0 Å². The van der Waals surface area contributed by atoms with E-state index in [0.717, 1.165) is 31.9 Å². The van der Waals surface area contributed by atoms with Gasteiger partial charge in [-0.3, -0.25) is 9.88 Å². The van der Waals surface area contributed by atoms with E-state index in [4.69, 9.17) is 0 Å². The molecule has 0 aromatic carbocycles. The largest absolute Gasteiger partial charge is 0.314 e. The van der Waals surface area contributed by atoms with E-state index in [0.29, 0.717) is 0 Å². The molecule has 3 nitrogen and oxygen atoms in total. The average Bonchev–Trinajstić information content (AvgIpc) is 2.30. The van der Waals surface area contributed by atoms with Crippen molar-refractivity contribution in [2.24, 2.45) is 0 Å². The van der Waals surface area contributed by atoms with E-state index in [1.165, 1.54) is 12.3 Å². The van der Waals surface area contributed by atoms with Gasteiger partial charge in [0.2, 0.25) is 0 Å². The second kappa shape index (κ2) is 4.68. The first-order valence-corrected chi connectivity index (χ1v) is 5.33. The zero-order chi connectivity index (χ0) is 10.7. The first kappa shape index (κ1) is 10.5. The Balaban J connectivity index is 2.05. The fourth-order valence-corrected chi connectivity index (χ4v) is 1.89. The third-order valence-electron chi connectivity index (χ3n) is 2.88. The Kier molecular flexibility index (Phi) is 3.28. The van der Waals surface area contributed by atoms with Crippen molar-refractivity contribution in [2.45, 2.75) is 13.0 Å². The van der Waals surface area contributed by atoms with Gasteiger partial charge in [-0.2, -0.15) is 0 Å². The van der Waals surface area contributed by atoms with E-state index in [9.17, 15) is 4.39 Å². The van der Waals surface area contributed by atoms with Gasteiger partial charge in [0.25, 0.3) is 0 Å². The molecule has 1 saturated heterocycles. The highest BCUT2D eigenvalue weighted by molar-refractivity contribution is 5.09. The first-order chi connectivity index (χ1) is 7.27. The molecule has 1 aromatic heterocycles. The normalized spacial score (nSPS) is 20.1. The van der Waals surface area contributed by atoms with Crippen molar-refractivity contribution in [3.05, 3.63) is 29.8 Å². The molecule has 1 N–H and O–H groups in total. The minimum absolute atomic E-state index is 0.271. The van der Waals surface area contributed by atoms with Crippen molar-refractivity contribution >= 4 is 0 Å². The minimum Gasteiger partial charge on any atom is -0.314 e. The molecule has 15 heavy (non-hydrogen) atoms. The van der Waals surface area contributed by atoms with Crippen LogP contribution in [0.3, 0.4) is 0 Å². The van der Waals surface area contributed by atoms with Gasteiger partial charge in [-0.25, -0.2) is 4.39 Å². The molecule has 82 valence electrons. The maximum absolute atomic E-state index is 12.7. The van der Waals surface area contributed by atoms with Gasteiger partial charge in [-0.05, 0) is 19.1 Å². The van der Waals surface area contributed by atoms with E-state index in [1.54, 1.807) is 6.07 Å². The highest BCUT2D eigenvalue weighted by Gasteiger charge is 2.18. The third kappa shape index (κ3) is 2.52. The zero-order valence-corrected chi connectivity index (χ0v) is 8.91. The van der Waals surface area contributed by atoms with Gasteiger partial charge in [0.15, 0.2) is 0 Å². The molecule has 0 bridgehead atoms. The van der Waals surface area contributed by atoms with E-state index in [2.05, 4.69) is 22.1 Å². The molecular formula is C11H16FN3. The monoisotopic (exact) mass is 209 g/mol. The number of aromatic nitrogens is 1. The molecule has 0 radical (unpaired) electrons. The highest BCUT2D eigenvalue weighted by Crippen LogP contribution is 2.18. The number of rotatable bonds is 2. The molecule has 4 heteroatoms. The van der Waals surface area contributed by atoms with Crippen molar-refractivity contribution in [2.75, 3.05) is 26.2 Å². The van der Waals surface area contributed by atoms with Crippen LogP contribution < -0.4 is 5.32 Å². The first-order valence-electron chi connectivity index (χ1n) is 5.33. The van der Waals surface area contributed by atoms with Crippen molar-refractivity contribution in [3.8, 4) is 0 Å². The zero-order valence-electron chi connectivity index (χ0n) is 8.91. The molecular weight excluding hydrogens is 193 g/mol. The van der Waals surface area contributed by atoms with Crippen LogP contribution in [0.25, 0.3) is 0 Å². The van der Waals surface area contributed by atoms with Crippen LogP contribution in [0.2, 0.25) is 0 Å². The Morgan fingerprint density at radius 3 is 2.73 bits per heavy atom.